The van der Waals surface area contributed by atoms with Gasteiger partial charge in [-0.1, -0.05) is 36.4 Å². The van der Waals surface area contributed by atoms with E-state index in [1.165, 1.54) is 0 Å². The molecule has 0 radical (unpaired) electrons. The minimum absolute atomic E-state index is 0.101. The lowest BCUT2D eigenvalue weighted by molar-refractivity contribution is 0.102. The molecule has 1 aliphatic rings. The zero-order chi connectivity index (χ0) is 16.9. The maximum atomic E-state index is 12.6. The molecule has 0 heterocycles. The molecule has 0 aromatic heterocycles. The van der Waals surface area contributed by atoms with E-state index < -0.39 is 0 Å². The SMILES string of the molecule is COc1ccc2c(c1)CC/C(=C/C=C/c1ccccc1OC)C2=O. The van der Waals surface area contributed by atoms with Gasteiger partial charge in [0.15, 0.2) is 5.78 Å². The first-order valence-electron chi connectivity index (χ1n) is 7.95. The highest BCUT2D eigenvalue weighted by molar-refractivity contribution is 6.11. The van der Waals surface area contributed by atoms with Crippen LogP contribution in [0.4, 0.5) is 0 Å². The Labute approximate surface area is 142 Å². The molecule has 0 saturated carbocycles. The van der Waals surface area contributed by atoms with E-state index in [1.54, 1.807) is 14.2 Å². The van der Waals surface area contributed by atoms with Crippen LogP contribution in [-0.4, -0.2) is 20.0 Å². The summed E-state index contributed by atoms with van der Waals surface area (Å²) in [5.74, 6) is 1.72. The molecule has 0 N–H and O–H groups in total. The molecule has 0 atom stereocenters. The van der Waals surface area contributed by atoms with Gasteiger partial charge in [-0.25, -0.2) is 0 Å². The molecule has 24 heavy (non-hydrogen) atoms. The number of ketones is 1. The number of ether oxygens (including phenoxy) is 2. The van der Waals surface area contributed by atoms with Crippen molar-refractivity contribution in [2.75, 3.05) is 14.2 Å². The van der Waals surface area contributed by atoms with Crippen molar-refractivity contribution in [3.8, 4) is 11.5 Å². The molecule has 0 saturated heterocycles. The Morgan fingerprint density at radius 3 is 2.62 bits per heavy atom. The molecule has 122 valence electrons. The van der Waals surface area contributed by atoms with Crippen LogP contribution in [0.2, 0.25) is 0 Å². The van der Waals surface area contributed by atoms with Gasteiger partial charge in [-0.05, 0) is 42.7 Å². The highest BCUT2D eigenvalue weighted by Crippen LogP contribution is 2.28. The van der Waals surface area contributed by atoms with E-state index in [0.29, 0.717) is 0 Å². The zero-order valence-corrected chi connectivity index (χ0v) is 13.9. The number of para-hydroxylation sites is 1. The van der Waals surface area contributed by atoms with Gasteiger partial charge in [0.2, 0.25) is 0 Å². The third-order valence-electron chi connectivity index (χ3n) is 4.22. The van der Waals surface area contributed by atoms with Crippen molar-refractivity contribution < 1.29 is 14.3 Å². The van der Waals surface area contributed by atoms with Gasteiger partial charge in [0.05, 0.1) is 14.2 Å². The Kier molecular flexibility index (Phi) is 4.80. The van der Waals surface area contributed by atoms with Gasteiger partial charge in [0, 0.05) is 16.7 Å². The Balaban J connectivity index is 1.81. The fraction of sp³-hybridized carbons (Fsp3) is 0.190. The second kappa shape index (κ2) is 7.18. The number of rotatable bonds is 4. The highest BCUT2D eigenvalue weighted by atomic mass is 16.5. The lowest BCUT2D eigenvalue weighted by atomic mass is 9.86. The van der Waals surface area contributed by atoms with Crippen molar-refractivity contribution in [2.45, 2.75) is 12.8 Å². The largest absolute Gasteiger partial charge is 0.497 e. The van der Waals surface area contributed by atoms with Crippen LogP contribution in [0.5, 0.6) is 11.5 Å². The number of methoxy groups -OCH3 is 2. The first-order valence-corrected chi connectivity index (χ1v) is 7.95. The number of aryl methyl sites for hydroxylation is 1. The van der Waals surface area contributed by atoms with Gasteiger partial charge in [-0.3, -0.25) is 4.79 Å². The monoisotopic (exact) mass is 320 g/mol. The van der Waals surface area contributed by atoms with E-state index in [-0.39, 0.29) is 5.78 Å². The van der Waals surface area contributed by atoms with Crippen molar-refractivity contribution in [3.63, 3.8) is 0 Å². The molecular formula is C21H20O3. The van der Waals surface area contributed by atoms with Crippen molar-refractivity contribution in [1.82, 2.24) is 0 Å². The summed E-state index contributed by atoms with van der Waals surface area (Å²) in [6.07, 6.45) is 7.38. The van der Waals surface area contributed by atoms with Crippen LogP contribution >= 0.6 is 0 Å². The van der Waals surface area contributed by atoms with Crippen molar-refractivity contribution >= 4 is 11.9 Å². The van der Waals surface area contributed by atoms with E-state index in [2.05, 4.69) is 0 Å². The van der Waals surface area contributed by atoms with Crippen molar-refractivity contribution in [1.29, 1.82) is 0 Å². The Bertz CT molecular complexity index is 816. The van der Waals surface area contributed by atoms with Gasteiger partial charge < -0.3 is 9.47 Å². The maximum absolute atomic E-state index is 12.6. The Morgan fingerprint density at radius 1 is 1.00 bits per heavy atom. The van der Waals surface area contributed by atoms with Crippen LogP contribution in [-0.2, 0) is 6.42 Å². The highest BCUT2D eigenvalue weighted by Gasteiger charge is 2.21. The summed E-state index contributed by atoms with van der Waals surface area (Å²) in [5, 5.41) is 0. The van der Waals surface area contributed by atoms with Gasteiger partial charge in [0.25, 0.3) is 0 Å². The van der Waals surface area contributed by atoms with Crippen LogP contribution in [0.25, 0.3) is 6.08 Å². The number of allylic oxidation sites excluding steroid dienone is 3. The van der Waals surface area contributed by atoms with Crippen LogP contribution in [0, 0.1) is 0 Å². The first-order chi connectivity index (χ1) is 11.7. The zero-order valence-electron chi connectivity index (χ0n) is 13.9. The average Bonchev–Trinajstić information content (AvgIpc) is 2.63. The molecule has 2 aromatic rings. The molecular weight excluding hydrogens is 300 g/mol. The van der Waals surface area contributed by atoms with Gasteiger partial charge in [-0.2, -0.15) is 0 Å². The molecule has 0 amide bonds. The predicted octanol–water partition coefficient (Wildman–Crippen LogP) is 4.47. The van der Waals surface area contributed by atoms with E-state index in [4.69, 9.17) is 9.47 Å². The van der Waals surface area contributed by atoms with Crippen molar-refractivity contribution in [2.24, 2.45) is 0 Å². The fourth-order valence-corrected chi connectivity index (χ4v) is 2.91. The van der Waals surface area contributed by atoms with Crippen LogP contribution < -0.4 is 9.47 Å². The Hall–Kier alpha value is -2.81. The number of hydrogen-bond donors (Lipinski definition) is 0. The first kappa shape index (κ1) is 16.1. The molecule has 2 aromatic carbocycles. The lowest BCUT2D eigenvalue weighted by Crippen LogP contribution is -2.14. The fourth-order valence-electron chi connectivity index (χ4n) is 2.91. The summed E-state index contributed by atoms with van der Waals surface area (Å²) in [6.45, 7) is 0. The summed E-state index contributed by atoms with van der Waals surface area (Å²) < 4.78 is 10.6. The quantitative estimate of drug-likeness (QED) is 0.780. The average molecular weight is 320 g/mol. The van der Waals surface area contributed by atoms with Crippen LogP contribution in [0.15, 0.2) is 60.2 Å². The minimum Gasteiger partial charge on any atom is -0.497 e. The van der Waals surface area contributed by atoms with Crippen LogP contribution in [0.3, 0.4) is 0 Å². The van der Waals surface area contributed by atoms with Gasteiger partial charge in [-0.15, -0.1) is 0 Å². The second-order valence-corrected chi connectivity index (χ2v) is 5.65. The number of fused-ring (bicyclic) bond motifs is 1. The smallest absolute Gasteiger partial charge is 0.189 e. The summed E-state index contributed by atoms with van der Waals surface area (Å²) >= 11 is 0. The lowest BCUT2D eigenvalue weighted by Gasteiger charge is -2.17. The molecule has 0 fully saturated rings. The molecule has 0 spiro atoms. The Morgan fingerprint density at radius 2 is 1.83 bits per heavy atom. The third kappa shape index (κ3) is 3.25. The maximum Gasteiger partial charge on any atom is 0.189 e. The van der Waals surface area contributed by atoms with Gasteiger partial charge in [0.1, 0.15) is 11.5 Å². The number of Topliss-reactive ketones (excluding diaryl/α,β-unsaturated/α-hetero) is 1. The third-order valence-corrected chi connectivity index (χ3v) is 4.22. The van der Waals surface area contributed by atoms with E-state index in [1.807, 2.05) is 60.7 Å². The molecule has 3 heteroatoms. The number of carbonyl (C=O) groups is 1. The molecule has 1 aliphatic carbocycles. The summed E-state index contributed by atoms with van der Waals surface area (Å²) in [6, 6.07) is 13.4. The van der Waals surface area contributed by atoms with Gasteiger partial charge >= 0.3 is 0 Å². The molecule has 3 nitrogen and oxygen atoms in total. The normalized spacial score (nSPS) is 15.6. The topological polar surface area (TPSA) is 35.5 Å². The van der Waals surface area contributed by atoms with Crippen molar-refractivity contribution in [3.05, 3.63) is 76.9 Å². The summed E-state index contributed by atoms with van der Waals surface area (Å²) in [4.78, 5) is 12.6. The molecule has 0 aliphatic heterocycles. The second-order valence-electron chi connectivity index (χ2n) is 5.65. The standard InChI is InChI=1S/C21H20O3/c1-23-18-12-13-19-17(14-18)11-10-16(21(19)22)8-5-7-15-6-3-4-9-20(15)24-2/h3-9,12-14H,10-11H2,1-2H3/b7-5+,16-8-. The van der Waals surface area contributed by atoms with E-state index in [9.17, 15) is 4.79 Å². The summed E-state index contributed by atoms with van der Waals surface area (Å²) in [5.41, 5.74) is 3.66. The molecule has 3 rings (SSSR count). The summed E-state index contributed by atoms with van der Waals surface area (Å²) in [7, 11) is 3.29. The number of hydrogen-bond acceptors (Lipinski definition) is 3. The molecule has 0 bridgehead atoms. The van der Waals surface area contributed by atoms with E-state index >= 15 is 0 Å². The van der Waals surface area contributed by atoms with Crippen LogP contribution in [0.1, 0.15) is 27.9 Å². The minimum atomic E-state index is 0.101. The predicted molar refractivity (Wildman–Crippen MR) is 95.8 cm³/mol. The number of benzene rings is 2. The number of carbonyl (C=O) groups excluding carboxylic acids is 1. The van der Waals surface area contributed by atoms with E-state index in [0.717, 1.165) is 46.6 Å². The molecule has 0 unspecified atom stereocenters.